The van der Waals surface area contributed by atoms with E-state index in [2.05, 4.69) is 15.6 Å². The highest BCUT2D eigenvalue weighted by molar-refractivity contribution is 5.40. The predicted molar refractivity (Wildman–Crippen MR) is 71.1 cm³/mol. The first-order valence-electron chi connectivity index (χ1n) is 5.99. The third-order valence-electron chi connectivity index (χ3n) is 2.77. The number of rotatable bonds is 6. The molecule has 0 atom stereocenters. The lowest BCUT2D eigenvalue weighted by molar-refractivity contribution is 0.389. The minimum Gasteiger partial charge on any atom is -0.497 e. The minimum absolute atomic E-state index is 0.670. The van der Waals surface area contributed by atoms with Crippen LogP contribution in [0, 0.1) is 0 Å². The van der Waals surface area contributed by atoms with Gasteiger partial charge in [-0.3, -0.25) is 4.68 Å². The summed E-state index contributed by atoms with van der Waals surface area (Å²) in [6.07, 6.45) is 1.89. The molecule has 0 aliphatic carbocycles. The van der Waals surface area contributed by atoms with E-state index in [1.54, 1.807) is 18.9 Å². The van der Waals surface area contributed by atoms with Crippen LogP contribution >= 0.6 is 0 Å². The van der Waals surface area contributed by atoms with Crippen LogP contribution < -0.4 is 14.8 Å². The van der Waals surface area contributed by atoms with E-state index in [0.29, 0.717) is 13.1 Å². The number of hydrogen-bond acceptors (Lipinski definition) is 5. The average Bonchev–Trinajstić information content (AvgIpc) is 2.84. The van der Waals surface area contributed by atoms with Gasteiger partial charge in [0.15, 0.2) is 0 Å². The van der Waals surface area contributed by atoms with Gasteiger partial charge in [-0.25, -0.2) is 0 Å². The molecule has 1 aromatic heterocycles. The molecular formula is C13H18N4O2. The normalized spacial score (nSPS) is 10.5. The van der Waals surface area contributed by atoms with Gasteiger partial charge in [-0.1, -0.05) is 11.3 Å². The van der Waals surface area contributed by atoms with E-state index in [-0.39, 0.29) is 0 Å². The van der Waals surface area contributed by atoms with E-state index in [4.69, 9.17) is 9.47 Å². The molecule has 1 aromatic carbocycles. The second kappa shape index (κ2) is 6.19. The molecule has 0 amide bonds. The van der Waals surface area contributed by atoms with E-state index in [1.165, 1.54) is 0 Å². The first-order chi connectivity index (χ1) is 9.22. The number of aryl methyl sites for hydroxylation is 1. The van der Waals surface area contributed by atoms with Crippen LogP contribution in [0.2, 0.25) is 0 Å². The van der Waals surface area contributed by atoms with Gasteiger partial charge in [0.25, 0.3) is 0 Å². The minimum atomic E-state index is 0.670. The van der Waals surface area contributed by atoms with Crippen LogP contribution in [0.1, 0.15) is 11.3 Å². The number of nitrogens with one attached hydrogen (secondary N) is 1. The lowest BCUT2D eigenvalue weighted by Crippen LogP contribution is -2.13. The number of aromatic nitrogens is 3. The molecule has 6 heteroatoms. The Hall–Kier alpha value is -2.08. The number of ether oxygens (including phenoxy) is 2. The Labute approximate surface area is 112 Å². The smallest absolute Gasteiger partial charge is 0.127 e. The van der Waals surface area contributed by atoms with Crippen molar-refractivity contribution >= 4 is 0 Å². The molecule has 0 aliphatic rings. The van der Waals surface area contributed by atoms with Gasteiger partial charge in [-0.15, -0.1) is 5.10 Å². The van der Waals surface area contributed by atoms with E-state index in [9.17, 15) is 0 Å². The molecule has 0 radical (unpaired) electrons. The second-order valence-corrected chi connectivity index (χ2v) is 4.16. The van der Waals surface area contributed by atoms with Gasteiger partial charge in [-0.2, -0.15) is 0 Å². The van der Waals surface area contributed by atoms with Gasteiger partial charge in [0.05, 0.1) is 19.9 Å². The first-order valence-corrected chi connectivity index (χ1v) is 5.99. The average molecular weight is 262 g/mol. The lowest BCUT2D eigenvalue weighted by Gasteiger charge is -2.10. The van der Waals surface area contributed by atoms with Crippen LogP contribution in [0.4, 0.5) is 0 Å². The van der Waals surface area contributed by atoms with Gasteiger partial charge in [0.2, 0.25) is 0 Å². The fraction of sp³-hybridized carbons (Fsp3) is 0.385. The molecule has 2 aromatic rings. The molecule has 102 valence electrons. The Morgan fingerprint density at radius 2 is 2.05 bits per heavy atom. The largest absolute Gasteiger partial charge is 0.497 e. The van der Waals surface area contributed by atoms with Crippen LogP contribution in [0.3, 0.4) is 0 Å². The number of methoxy groups -OCH3 is 2. The van der Waals surface area contributed by atoms with Crippen LogP contribution in [0.15, 0.2) is 24.4 Å². The third kappa shape index (κ3) is 3.45. The monoisotopic (exact) mass is 262 g/mol. The summed E-state index contributed by atoms with van der Waals surface area (Å²) in [7, 11) is 5.14. The van der Waals surface area contributed by atoms with E-state index in [0.717, 1.165) is 22.8 Å². The summed E-state index contributed by atoms with van der Waals surface area (Å²) in [5, 5.41) is 11.2. The number of nitrogens with zero attached hydrogens (tertiary/aromatic N) is 3. The second-order valence-electron chi connectivity index (χ2n) is 4.16. The van der Waals surface area contributed by atoms with Gasteiger partial charge < -0.3 is 14.8 Å². The Morgan fingerprint density at radius 3 is 2.68 bits per heavy atom. The van der Waals surface area contributed by atoms with Crippen molar-refractivity contribution in [1.82, 2.24) is 20.3 Å². The molecule has 0 aliphatic heterocycles. The highest BCUT2D eigenvalue weighted by Crippen LogP contribution is 2.24. The topological polar surface area (TPSA) is 61.2 Å². The van der Waals surface area contributed by atoms with E-state index >= 15 is 0 Å². The Bertz CT molecular complexity index is 539. The molecular weight excluding hydrogens is 244 g/mol. The number of benzene rings is 1. The summed E-state index contributed by atoms with van der Waals surface area (Å²) in [5.41, 5.74) is 1.99. The molecule has 1 heterocycles. The van der Waals surface area contributed by atoms with Crippen LogP contribution in [-0.2, 0) is 20.1 Å². The molecule has 0 bridgehead atoms. The maximum absolute atomic E-state index is 5.34. The summed E-state index contributed by atoms with van der Waals surface area (Å²) < 4.78 is 12.2. The summed E-state index contributed by atoms with van der Waals surface area (Å²) in [6, 6.07) is 5.78. The molecule has 19 heavy (non-hydrogen) atoms. The molecule has 0 fully saturated rings. The molecule has 0 unspecified atom stereocenters. The van der Waals surface area contributed by atoms with Crippen LogP contribution in [0.5, 0.6) is 11.5 Å². The van der Waals surface area contributed by atoms with Crippen molar-refractivity contribution in [2.45, 2.75) is 13.1 Å². The summed E-state index contributed by atoms with van der Waals surface area (Å²) in [6.45, 7) is 1.37. The summed E-state index contributed by atoms with van der Waals surface area (Å²) >= 11 is 0. The van der Waals surface area contributed by atoms with Gasteiger partial charge in [0.1, 0.15) is 11.5 Å². The molecule has 0 saturated heterocycles. The van der Waals surface area contributed by atoms with Crippen molar-refractivity contribution in [3.63, 3.8) is 0 Å². The van der Waals surface area contributed by atoms with E-state index in [1.807, 2.05) is 31.4 Å². The fourth-order valence-corrected chi connectivity index (χ4v) is 1.80. The predicted octanol–water partition coefficient (Wildman–Crippen LogP) is 1.12. The van der Waals surface area contributed by atoms with Crippen molar-refractivity contribution in [1.29, 1.82) is 0 Å². The van der Waals surface area contributed by atoms with Crippen LogP contribution in [0.25, 0.3) is 0 Å². The van der Waals surface area contributed by atoms with Gasteiger partial charge >= 0.3 is 0 Å². The van der Waals surface area contributed by atoms with Crippen molar-refractivity contribution in [3.05, 3.63) is 35.7 Å². The first kappa shape index (κ1) is 13.4. The quantitative estimate of drug-likeness (QED) is 0.845. The zero-order valence-electron chi connectivity index (χ0n) is 11.4. The SMILES string of the molecule is COc1ccc(CNCc2cn(C)nn2)c(OC)c1. The van der Waals surface area contributed by atoms with Gasteiger partial charge in [0, 0.05) is 38.0 Å². The van der Waals surface area contributed by atoms with Crippen molar-refractivity contribution < 1.29 is 9.47 Å². The van der Waals surface area contributed by atoms with Gasteiger partial charge in [-0.05, 0) is 6.07 Å². The molecule has 2 rings (SSSR count). The molecule has 1 N–H and O–H groups in total. The highest BCUT2D eigenvalue weighted by Gasteiger charge is 2.05. The van der Waals surface area contributed by atoms with Crippen LogP contribution in [-0.4, -0.2) is 29.2 Å². The molecule has 6 nitrogen and oxygen atoms in total. The van der Waals surface area contributed by atoms with E-state index < -0.39 is 0 Å². The zero-order chi connectivity index (χ0) is 13.7. The number of hydrogen-bond donors (Lipinski definition) is 1. The maximum atomic E-state index is 5.34. The standard InChI is InChI=1S/C13H18N4O2/c1-17-9-11(15-16-17)8-14-7-10-4-5-12(18-2)6-13(10)19-3/h4-6,9,14H,7-8H2,1-3H3. The fourth-order valence-electron chi connectivity index (χ4n) is 1.80. The summed E-state index contributed by atoms with van der Waals surface area (Å²) in [5.74, 6) is 1.60. The Balaban J connectivity index is 1.95. The third-order valence-corrected chi connectivity index (χ3v) is 2.77. The lowest BCUT2D eigenvalue weighted by atomic mass is 10.2. The van der Waals surface area contributed by atoms with Crippen molar-refractivity contribution in [3.8, 4) is 11.5 Å². The Morgan fingerprint density at radius 1 is 1.21 bits per heavy atom. The van der Waals surface area contributed by atoms with Crippen molar-refractivity contribution in [2.24, 2.45) is 7.05 Å². The van der Waals surface area contributed by atoms with Crippen molar-refractivity contribution in [2.75, 3.05) is 14.2 Å². The summed E-state index contributed by atoms with van der Waals surface area (Å²) in [4.78, 5) is 0. The zero-order valence-corrected chi connectivity index (χ0v) is 11.4. The Kier molecular flexibility index (Phi) is 4.35. The molecule has 0 saturated carbocycles. The maximum Gasteiger partial charge on any atom is 0.127 e. The molecule has 0 spiro atoms. The highest BCUT2D eigenvalue weighted by atomic mass is 16.5.